The molecule has 0 amide bonds. The largest absolute Gasteiger partial charge is 0.494 e. The molecule has 24 heavy (non-hydrogen) atoms. The van der Waals surface area contributed by atoms with Crippen LogP contribution in [0.5, 0.6) is 5.75 Å². The lowest BCUT2D eigenvalue weighted by Crippen LogP contribution is -2.14. The number of hydrogen-bond donors (Lipinski definition) is 0. The Labute approximate surface area is 137 Å². The van der Waals surface area contributed by atoms with Crippen LogP contribution in [0.15, 0.2) is 46.9 Å². The summed E-state index contributed by atoms with van der Waals surface area (Å²) < 4.78 is 24.0. The lowest BCUT2D eigenvalue weighted by atomic mass is 9.99. The Kier molecular flexibility index (Phi) is 4.25. The fraction of sp³-hybridized carbons (Fsp3) is 0.167. The third kappa shape index (κ3) is 2.97. The van der Waals surface area contributed by atoms with Crippen molar-refractivity contribution in [2.75, 3.05) is 7.11 Å². The third-order valence-electron chi connectivity index (χ3n) is 3.60. The Morgan fingerprint density at radius 3 is 2.83 bits per heavy atom. The van der Waals surface area contributed by atoms with Crippen LogP contribution in [0.3, 0.4) is 0 Å². The van der Waals surface area contributed by atoms with Crippen molar-refractivity contribution in [1.29, 1.82) is 5.26 Å². The molecule has 0 radical (unpaired) electrons. The van der Waals surface area contributed by atoms with E-state index in [0.29, 0.717) is 16.7 Å². The van der Waals surface area contributed by atoms with Gasteiger partial charge in [0, 0.05) is 6.42 Å². The number of hydrogen-bond acceptors (Lipinski definition) is 5. The monoisotopic (exact) mass is 324 g/mol. The summed E-state index contributed by atoms with van der Waals surface area (Å²) in [4.78, 5) is 16.6. The van der Waals surface area contributed by atoms with Gasteiger partial charge in [-0.15, -0.1) is 0 Å². The first-order valence-electron chi connectivity index (χ1n) is 7.22. The van der Waals surface area contributed by atoms with Gasteiger partial charge in [-0.1, -0.05) is 18.2 Å². The van der Waals surface area contributed by atoms with E-state index in [2.05, 4.69) is 4.98 Å². The first-order chi connectivity index (χ1) is 11.6. The highest BCUT2D eigenvalue weighted by atomic mass is 19.1. The van der Waals surface area contributed by atoms with Crippen LogP contribution in [-0.4, -0.2) is 17.9 Å². The fourth-order valence-corrected chi connectivity index (χ4v) is 2.40. The van der Waals surface area contributed by atoms with E-state index >= 15 is 0 Å². The van der Waals surface area contributed by atoms with Crippen molar-refractivity contribution < 1.29 is 18.3 Å². The maximum Gasteiger partial charge on any atom is 0.220 e. The average Bonchev–Trinajstić information content (AvgIpc) is 2.99. The van der Waals surface area contributed by atoms with E-state index in [1.807, 2.05) is 6.07 Å². The Hall–Kier alpha value is -3.20. The predicted molar refractivity (Wildman–Crippen MR) is 84.0 cm³/mol. The van der Waals surface area contributed by atoms with E-state index in [-0.39, 0.29) is 18.1 Å². The minimum absolute atomic E-state index is 0.0534. The number of rotatable bonds is 5. The molecule has 0 aliphatic rings. The molecule has 3 aromatic rings. The van der Waals surface area contributed by atoms with Crippen LogP contribution in [-0.2, 0) is 11.2 Å². The minimum atomic E-state index is -1.14. The molecule has 0 bridgehead atoms. The highest BCUT2D eigenvalue weighted by Gasteiger charge is 2.26. The SMILES string of the molecule is COc1ccc(CC(=O)[C@H](C#N)c2nc3ccccc3o2)cc1F. The fourth-order valence-electron chi connectivity index (χ4n) is 2.40. The second kappa shape index (κ2) is 6.50. The molecule has 120 valence electrons. The molecule has 0 aliphatic heterocycles. The van der Waals surface area contributed by atoms with Crippen molar-refractivity contribution in [2.24, 2.45) is 0 Å². The molecule has 0 saturated heterocycles. The Morgan fingerprint density at radius 1 is 1.38 bits per heavy atom. The van der Waals surface area contributed by atoms with Crippen LogP contribution >= 0.6 is 0 Å². The number of para-hydroxylation sites is 2. The summed E-state index contributed by atoms with van der Waals surface area (Å²) in [5, 5.41) is 9.32. The van der Waals surface area contributed by atoms with Crippen molar-refractivity contribution in [3.05, 3.63) is 59.7 Å². The summed E-state index contributed by atoms with van der Waals surface area (Å²) in [5.41, 5.74) is 1.54. The summed E-state index contributed by atoms with van der Waals surface area (Å²) in [6, 6.07) is 13.2. The van der Waals surface area contributed by atoms with Crippen molar-refractivity contribution in [2.45, 2.75) is 12.3 Å². The molecule has 0 spiro atoms. The van der Waals surface area contributed by atoms with E-state index in [1.54, 1.807) is 30.3 Å². The van der Waals surface area contributed by atoms with Gasteiger partial charge in [-0.25, -0.2) is 9.37 Å². The predicted octanol–water partition coefficient (Wildman–Crippen LogP) is 3.39. The van der Waals surface area contributed by atoms with Crippen LogP contribution in [0, 0.1) is 17.1 Å². The van der Waals surface area contributed by atoms with E-state index in [9.17, 15) is 14.4 Å². The van der Waals surface area contributed by atoms with Gasteiger partial charge >= 0.3 is 0 Å². The van der Waals surface area contributed by atoms with Gasteiger partial charge in [0.1, 0.15) is 5.52 Å². The number of ketones is 1. The first kappa shape index (κ1) is 15.7. The quantitative estimate of drug-likeness (QED) is 0.719. The zero-order valence-corrected chi connectivity index (χ0v) is 12.8. The van der Waals surface area contributed by atoms with E-state index in [4.69, 9.17) is 9.15 Å². The molecule has 5 nitrogen and oxygen atoms in total. The summed E-state index contributed by atoms with van der Waals surface area (Å²) in [6.07, 6.45) is -0.0993. The van der Waals surface area contributed by atoms with Gasteiger partial charge in [0.05, 0.1) is 13.2 Å². The van der Waals surface area contributed by atoms with Gasteiger partial charge in [-0.05, 0) is 29.8 Å². The topological polar surface area (TPSA) is 76.1 Å². The maximum atomic E-state index is 13.7. The molecule has 1 heterocycles. The van der Waals surface area contributed by atoms with Gasteiger partial charge in [-0.2, -0.15) is 5.26 Å². The van der Waals surface area contributed by atoms with Crippen LogP contribution in [0.2, 0.25) is 0 Å². The van der Waals surface area contributed by atoms with Crippen molar-refractivity contribution >= 4 is 16.9 Å². The number of halogens is 1. The number of methoxy groups -OCH3 is 1. The molecular weight excluding hydrogens is 311 g/mol. The number of nitrogens with zero attached hydrogens (tertiary/aromatic N) is 2. The number of carbonyl (C=O) groups excluding carboxylic acids is 1. The molecule has 1 atom stereocenters. The lowest BCUT2D eigenvalue weighted by molar-refractivity contribution is -0.119. The number of Topliss-reactive ketones (excluding diaryl/α,β-unsaturated/α-hetero) is 1. The first-order valence-corrected chi connectivity index (χ1v) is 7.22. The zero-order chi connectivity index (χ0) is 17.1. The van der Waals surface area contributed by atoms with Gasteiger partial charge in [0.15, 0.2) is 28.9 Å². The molecule has 3 rings (SSSR count). The van der Waals surface area contributed by atoms with Crippen LogP contribution in [0.4, 0.5) is 4.39 Å². The van der Waals surface area contributed by atoms with Gasteiger partial charge in [-0.3, -0.25) is 4.79 Å². The Morgan fingerprint density at radius 2 is 2.17 bits per heavy atom. The van der Waals surface area contributed by atoms with E-state index < -0.39 is 17.5 Å². The number of oxazole rings is 1. The molecule has 6 heteroatoms. The second-order valence-electron chi connectivity index (χ2n) is 5.19. The molecule has 2 aromatic carbocycles. The Balaban J connectivity index is 1.84. The standard InChI is InChI=1S/C18H13FN2O3/c1-23-16-7-6-11(8-13(16)19)9-15(22)12(10-20)18-21-14-4-2-3-5-17(14)24-18/h2-8,12H,9H2,1H3/t12-/m0/s1. The molecule has 1 aromatic heterocycles. The van der Waals surface area contributed by atoms with Crippen molar-refractivity contribution in [3.8, 4) is 11.8 Å². The normalized spacial score (nSPS) is 11.9. The van der Waals surface area contributed by atoms with E-state index in [0.717, 1.165) is 0 Å². The average molecular weight is 324 g/mol. The Bertz CT molecular complexity index is 910. The number of nitriles is 1. The summed E-state index contributed by atoms with van der Waals surface area (Å²) in [7, 11) is 1.36. The van der Waals surface area contributed by atoms with Crippen molar-refractivity contribution in [1.82, 2.24) is 4.98 Å². The van der Waals surface area contributed by atoms with Gasteiger partial charge in [0.25, 0.3) is 0 Å². The molecule has 0 aliphatic carbocycles. The van der Waals surface area contributed by atoms with E-state index in [1.165, 1.54) is 19.2 Å². The molecule has 0 unspecified atom stereocenters. The van der Waals surface area contributed by atoms with Crippen LogP contribution in [0.25, 0.3) is 11.1 Å². The zero-order valence-electron chi connectivity index (χ0n) is 12.8. The number of fused-ring (bicyclic) bond motifs is 1. The van der Waals surface area contributed by atoms with Gasteiger partial charge in [0.2, 0.25) is 5.89 Å². The molecule has 0 saturated carbocycles. The summed E-state index contributed by atoms with van der Waals surface area (Å²) in [6.45, 7) is 0. The summed E-state index contributed by atoms with van der Waals surface area (Å²) in [5.74, 6) is -1.95. The number of benzene rings is 2. The third-order valence-corrected chi connectivity index (χ3v) is 3.60. The van der Waals surface area contributed by atoms with Crippen LogP contribution in [0.1, 0.15) is 17.4 Å². The molecule has 0 fully saturated rings. The smallest absolute Gasteiger partial charge is 0.220 e. The van der Waals surface area contributed by atoms with Crippen LogP contribution < -0.4 is 4.74 Å². The number of ether oxygens (including phenoxy) is 1. The van der Waals surface area contributed by atoms with Crippen molar-refractivity contribution in [3.63, 3.8) is 0 Å². The highest BCUT2D eigenvalue weighted by molar-refractivity contribution is 5.89. The lowest BCUT2D eigenvalue weighted by Gasteiger charge is -2.06. The number of aromatic nitrogens is 1. The van der Waals surface area contributed by atoms with Gasteiger partial charge < -0.3 is 9.15 Å². The minimum Gasteiger partial charge on any atom is -0.494 e. The maximum absolute atomic E-state index is 13.7. The molecular formula is C18H13FN2O3. The summed E-state index contributed by atoms with van der Waals surface area (Å²) >= 11 is 0. The highest BCUT2D eigenvalue weighted by Crippen LogP contribution is 2.24. The number of carbonyl (C=O) groups is 1. The molecule has 0 N–H and O–H groups in total. The second-order valence-corrected chi connectivity index (χ2v) is 5.19.